The average Bonchev–Trinajstić information content (AvgIpc) is 3.63. The van der Waals surface area contributed by atoms with Crippen molar-refractivity contribution in [1.29, 1.82) is 5.26 Å². The van der Waals surface area contributed by atoms with Gasteiger partial charge in [0.05, 0.1) is 35.5 Å². The van der Waals surface area contributed by atoms with Crippen LogP contribution in [0.5, 0.6) is 5.88 Å². The summed E-state index contributed by atoms with van der Waals surface area (Å²) >= 11 is 12.3. The maximum absolute atomic E-state index is 12.3. The van der Waals surface area contributed by atoms with Gasteiger partial charge in [0, 0.05) is 58.6 Å². The van der Waals surface area contributed by atoms with Crippen molar-refractivity contribution in [3.63, 3.8) is 0 Å². The number of rotatable bonds is 9. The second-order valence-corrected chi connectivity index (χ2v) is 12.8. The van der Waals surface area contributed by atoms with Crippen LogP contribution in [0.3, 0.4) is 0 Å². The first-order valence-electron chi connectivity index (χ1n) is 14.3. The molecule has 10 heteroatoms. The lowest BCUT2D eigenvalue weighted by Gasteiger charge is -2.54. The van der Waals surface area contributed by atoms with Crippen molar-refractivity contribution < 1.29 is 14.3 Å². The molecule has 2 aromatic heterocycles. The fourth-order valence-electron chi connectivity index (χ4n) is 6.23. The highest BCUT2D eigenvalue weighted by atomic mass is 35.5. The molecule has 0 atom stereocenters. The summed E-state index contributed by atoms with van der Waals surface area (Å²) in [6.45, 7) is 2.71. The van der Waals surface area contributed by atoms with Gasteiger partial charge in [-0.2, -0.15) is 5.26 Å². The quantitative estimate of drug-likeness (QED) is 0.186. The van der Waals surface area contributed by atoms with E-state index < -0.39 is 0 Å². The van der Waals surface area contributed by atoms with E-state index in [-0.39, 0.29) is 16.8 Å². The molecule has 8 nitrogen and oxygen atoms in total. The van der Waals surface area contributed by atoms with Crippen LogP contribution in [-0.4, -0.2) is 40.7 Å². The van der Waals surface area contributed by atoms with E-state index in [0.717, 1.165) is 60.6 Å². The number of pyridine rings is 1. The van der Waals surface area contributed by atoms with Crippen molar-refractivity contribution in [1.82, 2.24) is 14.5 Å². The predicted octanol–water partition coefficient (Wildman–Crippen LogP) is 7.09. The molecule has 2 aromatic carbocycles. The lowest BCUT2D eigenvalue weighted by molar-refractivity contribution is 0.0601. The summed E-state index contributed by atoms with van der Waals surface area (Å²) in [6, 6.07) is 19.0. The van der Waals surface area contributed by atoms with Gasteiger partial charge in [0.25, 0.3) is 0 Å². The molecule has 7 rings (SSSR count). The molecule has 0 bridgehead atoms. The van der Waals surface area contributed by atoms with Crippen LogP contribution in [0.2, 0.25) is 10.0 Å². The first-order valence-corrected chi connectivity index (χ1v) is 15.0. The Morgan fingerprint density at radius 1 is 1.09 bits per heavy atom. The Kier molecular flexibility index (Phi) is 6.83. The number of nitriles is 1. The largest absolute Gasteiger partial charge is 0.473 e. The number of fused-ring (bicyclic) bond motifs is 1. The van der Waals surface area contributed by atoms with E-state index in [1.54, 1.807) is 18.2 Å². The maximum atomic E-state index is 12.3. The van der Waals surface area contributed by atoms with Crippen LogP contribution < -0.4 is 9.64 Å². The number of hydrogen-bond donors (Lipinski definition) is 0. The first kappa shape index (κ1) is 27.8. The van der Waals surface area contributed by atoms with Gasteiger partial charge in [-0.05, 0) is 61.2 Å². The van der Waals surface area contributed by atoms with E-state index in [2.05, 4.69) is 21.6 Å². The van der Waals surface area contributed by atoms with E-state index in [1.807, 2.05) is 36.4 Å². The number of allylic oxidation sites excluding steroid dienone is 1. The van der Waals surface area contributed by atoms with E-state index in [9.17, 15) is 10.1 Å². The number of halogens is 2. The van der Waals surface area contributed by atoms with Crippen LogP contribution >= 0.6 is 23.2 Å². The number of imidazole rings is 1. The number of esters is 1. The third-order valence-electron chi connectivity index (χ3n) is 8.81. The number of anilines is 1. The molecule has 43 heavy (non-hydrogen) atoms. The van der Waals surface area contributed by atoms with E-state index >= 15 is 0 Å². The Labute approximate surface area is 259 Å². The predicted molar refractivity (Wildman–Crippen MR) is 165 cm³/mol. The molecule has 2 fully saturated rings. The number of ether oxygens (including phenoxy) is 2. The average molecular weight is 615 g/mol. The molecule has 3 aliphatic rings. The van der Waals surface area contributed by atoms with Crippen molar-refractivity contribution in [3.8, 4) is 11.9 Å². The van der Waals surface area contributed by atoms with E-state index in [0.29, 0.717) is 41.1 Å². The topological polar surface area (TPSA) is 93.3 Å². The SMILES string of the molecule is COC(=O)c1ccc2nc(N3CC4(C=C(c5cccc(OCc6ccc(Cl)cc6Cl)n5)C4)C3)n(CC3(CC#N)CC3)c2c1. The zero-order valence-corrected chi connectivity index (χ0v) is 25.2. The lowest BCUT2D eigenvalue weighted by Crippen LogP contribution is -2.59. The van der Waals surface area contributed by atoms with Crippen LogP contribution in [0.25, 0.3) is 16.6 Å². The highest BCUT2D eigenvalue weighted by Gasteiger charge is 2.50. The van der Waals surface area contributed by atoms with Crippen molar-refractivity contribution >= 4 is 51.7 Å². The summed E-state index contributed by atoms with van der Waals surface area (Å²) in [5, 5.41) is 10.6. The number of nitrogens with zero attached hydrogens (tertiary/aromatic N) is 5. The third kappa shape index (κ3) is 5.21. The Morgan fingerprint density at radius 3 is 2.63 bits per heavy atom. The van der Waals surface area contributed by atoms with Crippen molar-refractivity contribution in [2.24, 2.45) is 10.8 Å². The molecule has 0 N–H and O–H groups in total. The summed E-state index contributed by atoms with van der Waals surface area (Å²) in [5.41, 5.74) is 5.25. The summed E-state index contributed by atoms with van der Waals surface area (Å²) < 4.78 is 13.1. The number of hydrogen-bond acceptors (Lipinski definition) is 7. The molecule has 4 aromatic rings. The number of benzene rings is 2. The second kappa shape index (κ2) is 10.6. The molecular formula is C33H29Cl2N5O3. The molecule has 3 heterocycles. The molecule has 1 spiro atoms. The molecule has 0 unspecified atom stereocenters. The van der Waals surface area contributed by atoms with Gasteiger partial charge in [0.15, 0.2) is 0 Å². The van der Waals surface area contributed by atoms with Crippen LogP contribution in [0.15, 0.2) is 60.7 Å². The highest BCUT2D eigenvalue weighted by Crippen LogP contribution is 2.53. The van der Waals surface area contributed by atoms with Gasteiger partial charge in [0.1, 0.15) is 6.61 Å². The smallest absolute Gasteiger partial charge is 0.337 e. The highest BCUT2D eigenvalue weighted by molar-refractivity contribution is 6.35. The van der Waals surface area contributed by atoms with E-state index in [1.165, 1.54) is 12.7 Å². The minimum Gasteiger partial charge on any atom is -0.473 e. The number of methoxy groups -OCH3 is 1. The minimum absolute atomic E-state index is 0.0256. The maximum Gasteiger partial charge on any atom is 0.337 e. The standard InChI is InChI=1S/C33H29Cl2N5O3/c1-42-30(41)21-6-8-27-28(13-21)40(20-32(9-10-32)11-12-36)31(38-27)39-18-33(19-39)15-23(16-33)26-3-2-4-29(37-26)43-17-22-5-7-24(34)14-25(22)35/h2-8,13-15H,9-11,16-20H2,1H3. The number of carbonyl (C=O) groups is 1. The molecule has 2 aliphatic carbocycles. The zero-order chi connectivity index (χ0) is 29.8. The Balaban J connectivity index is 1.08. The van der Waals surface area contributed by atoms with Crippen molar-refractivity contribution in [2.45, 2.75) is 38.8 Å². The molecule has 0 amide bonds. The summed E-state index contributed by atoms with van der Waals surface area (Å²) in [4.78, 5) is 24.3. The molecule has 0 radical (unpaired) electrons. The van der Waals surface area contributed by atoms with Crippen LogP contribution in [-0.2, 0) is 17.9 Å². The zero-order valence-electron chi connectivity index (χ0n) is 23.6. The van der Waals surface area contributed by atoms with E-state index in [4.69, 9.17) is 42.6 Å². The number of aromatic nitrogens is 3. The Morgan fingerprint density at radius 2 is 1.91 bits per heavy atom. The summed E-state index contributed by atoms with van der Waals surface area (Å²) in [6.07, 6.45) is 5.81. The van der Waals surface area contributed by atoms with Gasteiger partial charge >= 0.3 is 5.97 Å². The fourth-order valence-corrected chi connectivity index (χ4v) is 6.69. The summed E-state index contributed by atoms with van der Waals surface area (Å²) in [7, 11) is 1.39. The van der Waals surface area contributed by atoms with Gasteiger partial charge in [-0.25, -0.2) is 14.8 Å². The van der Waals surface area contributed by atoms with Crippen LogP contribution in [0, 0.1) is 22.2 Å². The molecule has 1 aliphatic heterocycles. The summed E-state index contributed by atoms with van der Waals surface area (Å²) in [5.74, 6) is 1.07. The van der Waals surface area contributed by atoms with Gasteiger partial charge < -0.3 is 18.9 Å². The third-order valence-corrected chi connectivity index (χ3v) is 9.40. The Hall–Kier alpha value is -4.06. The van der Waals surface area contributed by atoms with Crippen LogP contribution in [0.1, 0.15) is 47.3 Å². The van der Waals surface area contributed by atoms with Gasteiger partial charge in [-0.3, -0.25) is 0 Å². The van der Waals surface area contributed by atoms with Gasteiger partial charge in [-0.15, -0.1) is 0 Å². The number of carbonyl (C=O) groups excluding carboxylic acids is 1. The normalized spacial score (nSPS) is 17.5. The minimum atomic E-state index is -0.374. The molecule has 218 valence electrons. The molecule has 1 saturated carbocycles. The molecular weight excluding hydrogens is 585 g/mol. The van der Waals surface area contributed by atoms with Gasteiger partial charge in [-0.1, -0.05) is 41.4 Å². The monoisotopic (exact) mass is 613 g/mol. The Bertz CT molecular complexity index is 1830. The van der Waals surface area contributed by atoms with Crippen molar-refractivity contribution in [2.75, 3.05) is 25.1 Å². The fraction of sp³-hybridized carbons (Fsp3) is 0.333. The molecule has 1 saturated heterocycles. The van der Waals surface area contributed by atoms with Crippen molar-refractivity contribution in [3.05, 3.63) is 87.5 Å². The van der Waals surface area contributed by atoms with Crippen LogP contribution in [0.4, 0.5) is 5.95 Å². The lowest BCUT2D eigenvalue weighted by atomic mass is 9.65. The first-order chi connectivity index (χ1) is 20.8. The van der Waals surface area contributed by atoms with Gasteiger partial charge in [0.2, 0.25) is 11.8 Å². The second-order valence-electron chi connectivity index (χ2n) is 12.0.